The van der Waals surface area contributed by atoms with E-state index in [1.165, 1.54) is 24.3 Å². The minimum absolute atomic E-state index is 0.0212. The van der Waals surface area contributed by atoms with Crippen LogP contribution in [-0.2, 0) is 9.84 Å². The van der Waals surface area contributed by atoms with Crippen LogP contribution in [-0.4, -0.2) is 48.8 Å². The third-order valence-electron chi connectivity index (χ3n) is 4.00. The fourth-order valence-corrected chi connectivity index (χ4v) is 4.43. The van der Waals surface area contributed by atoms with Crippen LogP contribution in [0.2, 0.25) is 0 Å². The summed E-state index contributed by atoms with van der Waals surface area (Å²) in [6.07, 6.45) is 1.88. The number of furan rings is 1. The number of amides is 1. The van der Waals surface area contributed by atoms with Gasteiger partial charge in [0.15, 0.2) is 9.84 Å². The quantitative estimate of drug-likeness (QED) is 0.897. The second kappa shape index (κ2) is 5.69. The number of nitrogens with one attached hydrogen (secondary N) is 1. The number of sulfone groups is 1. The lowest BCUT2D eigenvalue weighted by Gasteiger charge is -2.23. The Balaban J connectivity index is 1.84. The van der Waals surface area contributed by atoms with Gasteiger partial charge in [0.25, 0.3) is 11.5 Å². The fourth-order valence-electron chi connectivity index (χ4n) is 2.65. The molecule has 1 saturated heterocycles. The smallest absolute Gasteiger partial charge is 0.261 e. The minimum Gasteiger partial charge on any atom is -0.463 e. The Morgan fingerprint density at radius 1 is 1.35 bits per heavy atom. The van der Waals surface area contributed by atoms with Gasteiger partial charge in [-0.1, -0.05) is 0 Å². The maximum Gasteiger partial charge on any atom is 0.261 e. The van der Waals surface area contributed by atoms with Crippen molar-refractivity contribution >= 4 is 15.7 Å². The Labute approximate surface area is 132 Å². The molecule has 2 aromatic heterocycles. The number of carbonyl (C=O) groups is 1. The molecule has 1 fully saturated rings. The lowest BCUT2D eigenvalue weighted by atomic mass is 10.1. The molecule has 3 rings (SSSR count). The Bertz CT molecular complexity index is 883. The minimum atomic E-state index is -3.09. The van der Waals surface area contributed by atoms with Crippen molar-refractivity contribution in [2.45, 2.75) is 12.5 Å². The van der Waals surface area contributed by atoms with Gasteiger partial charge in [-0.2, -0.15) is 0 Å². The normalized spacial score (nSPS) is 19.6. The number of aromatic nitrogens is 1. The number of hydrogen-bond donors (Lipinski definition) is 1. The van der Waals surface area contributed by atoms with Crippen LogP contribution in [0.3, 0.4) is 0 Å². The Hall–Kier alpha value is -2.35. The van der Waals surface area contributed by atoms with Gasteiger partial charge in [-0.3, -0.25) is 9.59 Å². The van der Waals surface area contributed by atoms with Crippen molar-refractivity contribution in [3.8, 4) is 11.5 Å². The first kappa shape index (κ1) is 15.5. The molecule has 1 aliphatic rings. The summed E-state index contributed by atoms with van der Waals surface area (Å²) in [4.78, 5) is 28.6. The fraction of sp³-hybridized carbons (Fsp3) is 0.333. The highest BCUT2D eigenvalue weighted by molar-refractivity contribution is 7.91. The molecule has 0 aromatic carbocycles. The summed E-state index contributed by atoms with van der Waals surface area (Å²) >= 11 is 0. The Morgan fingerprint density at radius 3 is 2.70 bits per heavy atom. The molecule has 0 bridgehead atoms. The number of hydrogen-bond acceptors (Lipinski definition) is 5. The van der Waals surface area contributed by atoms with Gasteiger partial charge in [0, 0.05) is 13.1 Å². The van der Waals surface area contributed by atoms with E-state index in [0.29, 0.717) is 17.9 Å². The predicted molar refractivity (Wildman–Crippen MR) is 83.9 cm³/mol. The highest BCUT2D eigenvalue weighted by Crippen LogP contribution is 2.19. The third kappa shape index (κ3) is 3.07. The van der Waals surface area contributed by atoms with Crippen LogP contribution in [0.15, 0.2) is 39.7 Å². The standard InChI is InChI=1S/C15H16N2O5S/c1-17(10-6-8-23(20,21)9-10)15(19)11-4-5-12(16-14(11)18)13-3-2-7-22-13/h2-5,7,10H,6,8-9H2,1H3,(H,16,18)/t10-/m0/s1. The molecule has 0 saturated carbocycles. The number of carbonyl (C=O) groups excluding carboxylic acids is 1. The van der Waals surface area contributed by atoms with Gasteiger partial charge in [-0.25, -0.2) is 8.42 Å². The van der Waals surface area contributed by atoms with E-state index >= 15 is 0 Å². The molecule has 0 spiro atoms. The van der Waals surface area contributed by atoms with Crippen molar-refractivity contribution in [3.05, 3.63) is 46.4 Å². The van der Waals surface area contributed by atoms with Crippen molar-refractivity contribution in [1.82, 2.24) is 9.88 Å². The highest BCUT2D eigenvalue weighted by atomic mass is 32.2. The predicted octanol–water partition coefficient (Wildman–Crippen LogP) is 0.894. The van der Waals surface area contributed by atoms with E-state index in [1.807, 2.05) is 0 Å². The summed E-state index contributed by atoms with van der Waals surface area (Å²) < 4.78 is 28.3. The zero-order chi connectivity index (χ0) is 16.6. The summed E-state index contributed by atoms with van der Waals surface area (Å²) in [5, 5.41) is 0. The van der Waals surface area contributed by atoms with Crippen molar-refractivity contribution in [2.75, 3.05) is 18.6 Å². The van der Waals surface area contributed by atoms with E-state index in [-0.39, 0.29) is 17.1 Å². The zero-order valence-corrected chi connectivity index (χ0v) is 13.3. The molecule has 23 heavy (non-hydrogen) atoms. The van der Waals surface area contributed by atoms with E-state index in [4.69, 9.17) is 4.42 Å². The molecule has 8 heteroatoms. The molecule has 0 unspecified atom stereocenters. The summed E-state index contributed by atoms with van der Waals surface area (Å²) in [5.41, 5.74) is -0.0774. The van der Waals surface area contributed by atoms with Gasteiger partial charge in [-0.05, 0) is 30.7 Å². The van der Waals surface area contributed by atoms with Crippen LogP contribution in [0.25, 0.3) is 11.5 Å². The summed E-state index contributed by atoms with van der Waals surface area (Å²) in [6.45, 7) is 0. The van der Waals surface area contributed by atoms with Crippen molar-refractivity contribution in [2.24, 2.45) is 0 Å². The van der Waals surface area contributed by atoms with Crippen molar-refractivity contribution in [3.63, 3.8) is 0 Å². The number of aromatic amines is 1. The second-order valence-electron chi connectivity index (χ2n) is 5.57. The SMILES string of the molecule is CN(C(=O)c1ccc(-c2ccco2)[nH]c1=O)[C@H]1CCS(=O)(=O)C1. The molecule has 3 heterocycles. The van der Waals surface area contributed by atoms with Crippen LogP contribution in [0.4, 0.5) is 0 Å². The first-order chi connectivity index (χ1) is 10.9. The van der Waals surface area contributed by atoms with Crippen LogP contribution in [0.1, 0.15) is 16.8 Å². The molecule has 0 radical (unpaired) electrons. The Morgan fingerprint density at radius 2 is 2.13 bits per heavy atom. The molecule has 0 aliphatic carbocycles. The van der Waals surface area contributed by atoms with Crippen molar-refractivity contribution in [1.29, 1.82) is 0 Å². The van der Waals surface area contributed by atoms with Gasteiger partial charge >= 0.3 is 0 Å². The van der Waals surface area contributed by atoms with Gasteiger partial charge in [0.1, 0.15) is 11.3 Å². The highest BCUT2D eigenvalue weighted by Gasteiger charge is 2.33. The lowest BCUT2D eigenvalue weighted by molar-refractivity contribution is 0.0746. The topological polar surface area (TPSA) is 100 Å². The summed E-state index contributed by atoms with van der Waals surface area (Å²) in [7, 11) is -1.57. The maximum atomic E-state index is 12.4. The Kier molecular flexibility index (Phi) is 3.85. The molecule has 1 N–H and O–H groups in total. The average Bonchev–Trinajstić information content (AvgIpc) is 3.15. The second-order valence-corrected chi connectivity index (χ2v) is 7.79. The molecule has 7 nitrogen and oxygen atoms in total. The maximum absolute atomic E-state index is 12.4. The van der Waals surface area contributed by atoms with Gasteiger partial charge in [0.2, 0.25) is 0 Å². The van der Waals surface area contributed by atoms with E-state index in [2.05, 4.69) is 4.98 Å². The largest absolute Gasteiger partial charge is 0.463 e. The number of nitrogens with zero attached hydrogens (tertiary/aromatic N) is 1. The van der Waals surface area contributed by atoms with Gasteiger partial charge in [-0.15, -0.1) is 0 Å². The van der Waals surface area contributed by atoms with E-state index in [0.717, 1.165) is 0 Å². The molecule has 1 atom stereocenters. The first-order valence-corrected chi connectivity index (χ1v) is 8.94. The lowest BCUT2D eigenvalue weighted by Crippen LogP contribution is -2.40. The van der Waals surface area contributed by atoms with Crippen LogP contribution in [0.5, 0.6) is 0 Å². The van der Waals surface area contributed by atoms with Crippen LogP contribution in [0, 0.1) is 0 Å². The third-order valence-corrected chi connectivity index (χ3v) is 5.75. The first-order valence-electron chi connectivity index (χ1n) is 7.12. The number of H-pyrrole nitrogens is 1. The van der Waals surface area contributed by atoms with E-state index in [9.17, 15) is 18.0 Å². The van der Waals surface area contributed by atoms with Gasteiger partial charge in [0.05, 0.1) is 23.5 Å². The van der Waals surface area contributed by atoms with Crippen LogP contribution >= 0.6 is 0 Å². The molecule has 1 aliphatic heterocycles. The van der Waals surface area contributed by atoms with E-state index in [1.54, 1.807) is 18.2 Å². The average molecular weight is 336 g/mol. The zero-order valence-electron chi connectivity index (χ0n) is 12.5. The number of rotatable bonds is 3. The van der Waals surface area contributed by atoms with E-state index < -0.39 is 27.3 Å². The van der Waals surface area contributed by atoms with Gasteiger partial charge < -0.3 is 14.3 Å². The van der Waals surface area contributed by atoms with Crippen molar-refractivity contribution < 1.29 is 17.6 Å². The summed E-state index contributed by atoms with van der Waals surface area (Å²) in [6, 6.07) is 6.02. The summed E-state index contributed by atoms with van der Waals surface area (Å²) in [5.74, 6) is 0.0245. The molecule has 1 amide bonds. The molecular formula is C15H16N2O5S. The number of pyridine rings is 1. The van der Waals surface area contributed by atoms with Crippen LogP contribution < -0.4 is 5.56 Å². The monoisotopic (exact) mass is 336 g/mol. The molecule has 2 aromatic rings. The molecule has 122 valence electrons. The molecular weight excluding hydrogens is 320 g/mol.